The van der Waals surface area contributed by atoms with E-state index < -0.39 is 13.4 Å². The van der Waals surface area contributed by atoms with Crippen LogP contribution in [0.4, 0.5) is 17.3 Å². The summed E-state index contributed by atoms with van der Waals surface area (Å²) in [5.74, 6) is 2.24. The number of hydrogen-bond donors (Lipinski definition) is 0. The topological polar surface area (TPSA) is 95.2 Å². The quantitative estimate of drug-likeness (QED) is 0.458. The molecule has 0 aliphatic rings. The number of halogens is 4. The molecule has 0 unspecified atom stereocenters. The predicted octanol–water partition coefficient (Wildman–Crippen LogP) is 0.606. The Morgan fingerprint density at radius 1 is 0.600 bits per heavy atom. The Hall–Kier alpha value is -0.930. The SMILES string of the molecule is N#C[B-](F)(F)C#N.N#C[B-](F)(F)C#N.[Ca+2]. The van der Waals surface area contributed by atoms with Gasteiger partial charge in [0.2, 0.25) is 0 Å². The van der Waals surface area contributed by atoms with E-state index in [9.17, 15) is 17.3 Å². The Kier molecular flexibility index (Phi) is 11.0. The molecule has 0 aliphatic carbocycles. The molecule has 0 bridgehead atoms. The molecule has 0 aliphatic heterocycles. The number of hydrogen-bond acceptors (Lipinski definition) is 4. The van der Waals surface area contributed by atoms with Crippen molar-refractivity contribution in [3.05, 3.63) is 0 Å². The van der Waals surface area contributed by atoms with Gasteiger partial charge < -0.3 is 17.3 Å². The van der Waals surface area contributed by atoms with Gasteiger partial charge >= 0.3 is 51.1 Å². The zero-order valence-electron chi connectivity index (χ0n) is 7.16. The summed E-state index contributed by atoms with van der Waals surface area (Å²) in [5, 5.41) is 29.6. The molecule has 4 nitrogen and oxygen atoms in total. The van der Waals surface area contributed by atoms with Crippen LogP contribution in [-0.4, -0.2) is 51.1 Å². The third-order valence-electron chi connectivity index (χ3n) is 0.649. The maximum absolute atomic E-state index is 11.2. The van der Waals surface area contributed by atoms with Crippen LogP contribution in [-0.2, 0) is 0 Å². The van der Waals surface area contributed by atoms with Gasteiger partial charge in [0.1, 0.15) is 0 Å². The molecule has 0 aromatic heterocycles. The maximum atomic E-state index is 11.2. The molecule has 0 saturated carbocycles. The molecular weight excluding hydrogens is 242 g/mol. The zero-order chi connectivity index (χ0) is 11.8. The summed E-state index contributed by atoms with van der Waals surface area (Å²) in [4.78, 5) is 0. The molecule has 0 N–H and O–H groups in total. The van der Waals surface area contributed by atoms with Crippen LogP contribution >= 0.6 is 0 Å². The number of nitrogens with zero attached hydrogens (tertiary/aromatic N) is 4. The molecule has 0 atom stereocenters. The third-order valence-corrected chi connectivity index (χ3v) is 0.649. The van der Waals surface area contributed by atoms with Gasteiger partial charge in [-0.2, -0.15) is 0 Å². The van der Waals surface area contributed by atoms with Crippen molar-refractivity contribution in [3.8, 4) is 23.9 Å². The summed E-state index contributed by atoms with van der Waals surface area (Å²) in [6, 6.07) is 0. The Morgan fingerprint density at radius 3 is 0.733 bits per heavy atom. The van der Waals surface area contributed by atoms with Crippen molar-refractivity contribution < 1.29 is 17.3 Å². The van der Waals surface area contributed by atoms with E-state index in [4.69, 9.17) is 21.0 Å². The molecule has 15 heavy (non-hydrogen) atoms. The first-order valence-corrected chi connectivity index (χ1v) is 2.92. The van der Waals surface area contributed by atoms with Crippen molar-refractivity contribution in [1.29, 1.82) is 21.0 Å². The van der Waals surface area contributed by atoms with E-state index in [-0.39, 0.29) is 37.7 Å². The molecule has 0 aromatic carbocycles. The first kappa shape index (κ1) is 19.6. The second kappa shape index (κ2) is 8.38. The van der Waals surface area contributed by atoms with Gasteiger partial charge in [-0.05, 0) is 0 Å². The first-order chi connectivity index (χ1) is 6.24. The zero-order valence-corrected chi connectivity index (χ0v) is 9.37. The Morgan fingerprint density at radius 2 is 0.733 bits per heavy atom. The molecule has 11 heteroatoms. The minimum Gasteiger partial charge on any atom is -0.453 e. The largest absolute Gasteiger partial charge is 2.00 e. The van der Waals surface area contributed by atoms with E-state index in [1.54, 1.807) is 0 Å². The molecule has 0 spiro atoms. The second-order valence-corrected chi connectivity index (χ2v) is 1.84. The van der Waals surface area contributed by atoms with Crippen LogP contribution in [0, 0.1) is 44.9 Å². The fraction of sp³-hybridized carbons (Fsp3) is 0. The molecular formula is C4B2CaF4N4. The van der Waals surface area contributed by atoms with Gasteiger partial charge in [0.25, 0.3) is 0 Å². The third kappa shape index (κ3) is 13.1. The smallest absolute Gasteiger partial charge is 0.453 e. The molecule has 0 saturated heterocycles. The molecule has 0 radical (unpaired) electrons. The van der Waals surface area contributed by atoms with Gasteiger partial charge in [0.05, 0.1) is 0 Å². The first-order valence-electron chi connectivity index (χ1n) is 2.92. The minimum atomic E-state index is -4.36. The summed E-state index contributed by atoms with van der Waals surface area (Å²) in [7, 11) is 0. The average Bonchev–Trinajstić information content (AvgIpc) is 2.19. The summed E-state index contributed by atoms with van der Waals surface area (Å²) >= 11 is 0. The van der Waals surface area contributed by atoms with Gasteiger partial charge in [-0.15, -0.1) is 0 Å². The Bertz CT molecular complexity index is 291. The van der Waals surface area contributed by atoms with Crippen molar-refractivity contribution in [1.82, 2.24) is 0 Å². The van der Waals surface area contributed by atoms with E-state index in [2.05, 4.69) is 0 Å². The van der Waals surface area contributed by atoms with Crippen LogP contribution < -0.4 is 0 Å². The minimum absolute atomic E-state index is 0. The number of rotatable bonds is 0. The van der Waals surface area contributed by atoms with Gasteiger partial charge in [-0.3, -0.25) is 0 Å². The van der Waals surface area contributed by atoms with Crippen molar-refractivity contribution in [2.24, 2.45) is 0 Å². The van der Waals surface area contributed by atoms with Crippen molar-refractivity contribution in [3.63, 3.8) is 0 Å². The van der Waals surface area contributed by atoms with Crippen LogP contribution in [0.3, 0.4) is 0 Å². The summed E-state index contributed by atoms with van der Waals surface area (Å²) in [6.07, 6.45) is 0. The Labute approximate surface area is 113 Å². The van der Waals surface area contributed by atoms with E-state index in [1.807, 2.05) is 0 Å². The maximum Gasteiger partial charge on any atom is 2.00 e. The van der Waals surface area contributed by atoms with Gasteiger partial charge in [0, 0.05) is 0 Å². The fourth-order valence-corrected chi connectivity index (χ4v) is 0.0577. The summed E-state index contributed by atoms with van der Waals surface area (Å²) in [6.45, 7) is -8.72. The Balaban J connectivity index is -0.000000180. The van der Waals surface area contributed by atoms with Gasteiger partial charge in [0.15, 0.2) is 0 Å². The molecule has 0 rings (SSSR count). The van der Waals surface area contributed by atoms with E-state index >= 15 is 0 Å². The number of nitriles is 4. The van der Waals surface area contributed by atoms with Crippen LogP contribution in [0.25, 0.3) is 0 Å². The van der Waals surface area contributed by atoms with E-state index in [1.165, 1.54) is 0 Å². The molecule has 0 amide bonds. The molecule has 0 aromatic rings. The fourth-order valence-electron chi connectivity index (χ4n) is 0.0577. The van der Waals surface area contributed by atoms with Gasteiger partial charge in [-0.25, -0.2) is 21.0 Å². The molecule has 0 heterocycles. The summed E-state index contributed by atoms with van der Waals surface area (Å²) in [5.41, 5.74) is 0. The van der Waals surface area contributed by atoms with Crippen LogP contribution in [0.15, 0.2) is 0 Å². The average molecular weight is 242 g/mol. The van der Waals surface area contributed by atoms with Crippen molar-refractivity contribution in [2.75, 3.05) is 0 Å². The summed E-state index contributed by atoms with van der Waals surface area (Å²) < 4.78 is 44.9. The van der Waals surface area contributed by atoms with Crippen molar-refractivity contribution in [2.45, 2.75) is 0 Å². The van der Waals surface area contributed by atoms with Crippen LogP contribution in [0.1, 0.15) is 0 Å². The van der Waals surface area contributed by atoms with Crippen LogP contribution in [0.2, 0.25) is 0 Å². The van der Waals surface area contributed by atoms with Crippen LogP contribution in [0.5, 0.6) is 0 Å². The second-order valence-electron chi connectivity index (χ2n) is 1.84. The van der Waals surface area contributed by atoms with E-state index in [0.717, 1.165) is 0 Å². The molecule has 0 fully saturated rings. The monoisotopic (exact) mass is 242 g/mol. The predicted molar refractivity (Wildman–Crippen MR) is 44.1 cm³/mol. The standard InChI is InChI=1S/2C2BF2N2.Ca/c2*4-3(5,1-6)2-7;/q2*-1;+2. The molecule has 72 valence electrons. The van der Waals surface area contributed by atoms with Gasteiger partial charge in [-0.1, -0.05) is 23.9 Å². The normalized spacial score (nSPS) is 8.53. The van der Waals surface area contributed by atoms with E-state index in [0.29, 0.717) is 23.9 Å². The van der Waals surface area contributed by atoms with Crippen molar-refractivity contribution >= 4 is 51.1 Å².